The van der Waals surface area contributed by atoms with Gasteiger partial charge in [-0.1, -0.05) is 30.3 Å². The standard InChI is InChI=1S/C22H17F3N2O2S/c23-22(24,25)30-15-7-4-13(5-8-15)11-27-18-3-1-2-17(21(26)29)20(18)16-9-6-14(12-28)10-19(16)27/h1-10,28H,11-12H2,(H2,26,29). The van der Waals surface area contributed by atoms with Crippen molar-refractivity contribution in [2.75, 3.05) is 0 Å². The number of halogens is 3. The SMILES string of the molecule is NC(=O)c1cccc2c1c1ccc(CO)cc1n2Cc1ccc(SC(F)(F)F)cc1. The molecule has 0 saturated heterocycles. The molecular weight excluding hydrogens is 413 g/mol. The Labute approximate surface area is 174 Å². The van der Waals surface area contributed by atoms with Crippen LogP contribution in [0, 0.1) is 0 Å². The lowest BCUT2D eigenvalue weighted by molar-refractivity contribution is -0.0328. The molecule has 1 aromatic heterocycles. The predicted molar refractivity (Wildman–Crippen MR) is 111 cm³/mol. The molecule has 1 amide bonds. The highest BCUT2D eigenvalue weighted by molar-refractivity contribution is 8.00. The fourth-order valence-electron chi connectivity index (χ4n) is 3.64. The molecular formula is C22H17F3N2O2S. The van der Waals surface area contributed by atoms with Gasteiger partial charge < -0.3 is 15.4 Å². The largest absolute Gasteiger partial charge is 0.446 e. The van der Waals surface area contributed by atoms with E-state index in [9.17, 15) is 23.1 Å². The molecule has 4 rings (SSSR count). The van der Waals surface area contributed by atoms with Gasteiger partial charge in [0, 0.05) is 33.3 Å². The van der Waals surface area contributed by atoms with Crippen molar-refractivity contribution in [3.8, 4) is 0 Å². The van der Waals surface area contributed by atoms with Gasteiger partial charge in [-0.05, 0) is 53.2 Å². The maximum Gasteiger partial charge on any atom is 0.446 e. The first-order valence-corrected chi connectivity index (χ1v) is 9.87. The van der Waals surface area contributed by atoms with Gasteiger partial charge in [-0.3, -0.25) is 4.79 Å². The average molecular weight is 430 g/mol. The molecule has 3 N–H and O–H groups in total. The number of nitrogens with zero attached hydrogens (tertiary/aromatic N) is 1. The summed E-state index contributed by atoms with van der Waals surface area (Å²) < 4.78 is 39.7. The van der Waals surface area contributed by atoms with E-state index in [1.165, 1.54) is 12.1 Å². The van der Waals surface area contributed by atoms with Crippen LogP contribution in [-0.4, -0.2) is 21.1 Å². The van der Waals surface area contributed by atoms with Crippen LogP contribution in [0.4, 0.5) is 13.2 Å². The Morgan fingerprint density at radius 2 is 1.70 bits per heavy atom. The average Bonchev–Trinajstić information content (AvgIpc) is 3.01. The summed E-state index contributed by atoms with van der Waals surface area (Å²) in [5, 5.41) is 11.1. The van der Waals surface area contributed by atoms with Gasteiger partial charge in [0.1, 0.15) is 0 Å². The van der Waals surface area contributed by atoms with Crippen LogP contribution in [0.2, 0.25) is 0 Å². The van der Waals surface area contributed by atoms with Crippen LogP contribution in [0.3, 0.4) is 0 Å². The number of hydrogen-bond acceptors (Lipinski definition) is 3. The smallest absolute Gasteiger partial charge is 0.392 e. The zero-order valence-electron chi connectivity index (χ0n) is 15.6. The van der Waals surface area contributed by atoms with Gasteiger partial charge in [0.25, 0.3) is 0 Å². The van der Waals surface area contributed by atoms with Crippen LogP contribution >= 0.6 is 11.8 Å². The fraction of sp³-hybridized carbons (Fsp3) is 0.136. The van der Waals surface area contributed by atoms with Gasteiger partial charge in [-0.15, -0.1) is 0 Å². The van der Waals surface area contributed by atoms with Gasteiger partial charge >= 0.3 is 5.51 Å². The van der Waals surface area contributed by atoms with Crippen molar-refractivity contribution in [1.82, 2.24) is 4.57 Å². The number of thioether (sulfide) groups is 1. The van der Waals surface area contributed by atoms with Crippen molar-refractivity contribution in [1.29, 1.82) is 0 Å². The highest BCUT2D eigenvalue weighted by Crippen LogP contribution is 2.37. The topological polar surface area (TPSA) is 68.2 Å². The molecule has 0 bridgehead atoms. The molecule has 0 aliphatic heterocycles. The third-order valence-corrected chi connectivity index (χ3v) is 5.64. The van der Waals surface area contributed by atoms with Crippen molar-refractivity contribution in [2.45, 2.75) is 23.6 Å². The van der Waals surface area contributed by atoms with Gasteiger partial charge in [0.15, 0.2) is 0 Å². The Bertz CT molecular complexity index is 1250. The molecule has 154 valence electrons. The number of amides is 1. The monoisotopic (exact) mass is 430 g/mol. The number of carbonyl (C=O) groups is 1. The molecule has 30 heavy (non-hydrogen) atoms. The Hall–Kier alpha value is -2.97. The van der Waals surface area contributed by atoms with Crippen LogP contribution < -0.4 is 5.73 Å². The van der Waals surface area contributed by atoms with E-state index in [-0.39, 0.29) is 23.3 Å². The highest BCUT2D eigenvalue weighted by Gasteiger charge is 2.29. The lowest BCUT2D eigenvalue weighted by atomic mass is 10.0. The van der Waals surface area contributed by atoms with Gasteiger partial charge in [0.05, 0.1) is 12.1 Å². The normalized spacial score (nSPS) is 12.0. The number of fused-ring (bicyclic) bond motifs is 3. The summed E-state index contributed by atoms with van der Waals surface area (Å²) in [6.45, 7) is 0.248. The van der Waals surface area contributed by atoms with Crippen LogP contribution in [0.1, 0.15) is 21.5 Å². The molecule has 0 radical (unpaired) electrons. The second-order valence-corrected chi connectivity index (χ2v) is 7.99. The molecule has 1 heterocycles. The molecule has 3 aromatic carbocycles. The van der Waals surface area contributed by atoms with Gasteiger partial charge in [-0.2, -0.15) is 13.2 Å². The highest BCUT2D eigenvalue weighted by atomic mass is 32.2. The first-order valence-electron chi connectivity index (χ1n) is 9.06. The first-order chi connectivity index (χ1) is 14.3. The number of aliphatic hydroxyl groups is 1. The molecule has 0 fully saturated rings. The summed E-state index contributed by atoms with van der Waals surface area (Å²) in [5.41, 5.74) is 4.74. The number of alkyl halides is 3. The summed E-state index contributed by atoms with van der Waals surface area (Å²) in [4.78, 5) is 12.1. The predicted octanol–water partition coefficient (Wildman–Crippen LogP) is 5.05. The minimum atomic E-state index is -4.33. The van der Waals surface area contributed by atoms with E-state index in [0.29, 0.717) is 23.1 Å². The molecule has 0 atom stereocenters. The summed E-state index contributed by atoms with van der Waals surface area (Å²) in [7, 11) is 0. The Kier molecular flexibility index (Phi) is 5.21. The van der Waals surface area contributed by atoms with E-state index >= 15 is 0 Å². The second-order valence-electron chi connectivity index (χ2n) is 6.85. The van der Waals surface area contributed by atoms with E-state index in [0.717, 1.165) is 22.0 Å². The minimum Gasteiger partial charge on any atom is -0.392 e. The van der Waals surface area contributed by atoms with Crippen LogP contribution in [0.15, 0.2) is 65.6 Å². The van der Waals surface area contributed by atoms with Gasteiger partial charge in [-0.25, -0.2) is 0 Å². The molecule has 0 unspecified atom stereocenters. The molecule has 0 saturated carbocycles. The Morgan fingerprint density at radius 3 is 2.33 bits per heavy atom. The second kappa shape index (κ2) is 7.70. The third kappa shape index (κ3) is 3.88. The summed E-state index contributed by atoms with van der Waals surface area (Å²) in [6.07, 6.45) is 0. The number of carbonyl (C=O) groups excluding carboxylic acids is 1. The third-order valence-electron chi connectivity index (χ3n) is 4.90. The van der Waals surface area contributed by atoms with E-state index in [4.69, 9.17) is 5.73 Å². The Balaban J connectivity index is 1.85. The maximum atomic E-state index is 12.6. The van der Waals surface area contributed by atoms with Gasteiger partial charge in [0.2, 0.25) is 5.91 Å². The number of primary amides is 1. The van der Waals surface area contributed by atoms with Crippen molar-refractivity contribution in [3.63, 3.8) is 0 Å². The van der Waals surface area contributed by atoms with E-state index in [1.54, 1.807) is 30.3 Å². The molecule has 4 aromatic rings. The zero-order valence-corrected chi connectivity index (χ0v) is 16.4. The summed E-state index contributed by atoms with van der Waals surface area (Å²) >= 11 is -0.153. The number of nitrogens with two attached hydrogens (primary N) is 1. The van der Waals surface area contributed by atoms with Crippen LogP contribution in [0.5, 0.6) is 0 Å². The lowest BCUT2D eigenvalue weighted by Crippen LogP contribution is -2.11. The molecule has 0 spiro atoms. The number of benzene rings is 3. The lowest BCUT2D eigenvalue weighted by Gasteiger charge is -2.10. The van der Waals surface area contributed by atoms with Crippen LogP contribution in [-0.2, 0) is 13.2 Å². The number of aromatic nitrogens is 1. The molecule has 0 aliphatic rings. The molecule has 0 aliphatic carbocycles. The van der Waals surface area contributed by atoms with E-state index in [2.05, 4.69) is 0 Å². The quantitative estimate of drug-likeness (QED) is 0.436. The van der Waals surface area contributed by atoms with Crippen molar-refractivity contribution in [3.05, 3.63) is 77.4 Å². The number of hydrogen-bond donors (Lipinski definition) is 2. The van der Waals surface area contributed by atoms with E-state index < -0.39 is 11.4 Å². The van der Waals surface area contributed by atoms with E-state index in [1.807, 2.05) is 22.8 Å². The summed E-state index contributed by atoms with van der Waals surface area (Å²) in [6, 6.07) is 16.9. The Morgan fingerprint density at radius 1 is 1.00 bits per heavy atom. The molecule has 4 nitrogen and oxygen atoms in total. The van der Waals surface area contributed by atoms with Crippen molar-refractivity contribution >= 4 is 39.5 Å². The van der Waals surface area contributed by atoms with Crippen molar-refractivity contribution < 1.29 is 23.1 Å². The molecule has 8 heteroatoms. The fourth-order valence-corrected chi connectivity index (χ4v) is 4.18. The number of rotatable bonds is 5. The van der Waals surface area contributed by atoms with Crippen LogP contribution in [0.25, 0.3) is 21.8 Å². The summed E-state index contributed by atoms with van der Waals surface area (Å²) in [5.74, 6) is -0.542. The van der Waals surface area contributed by atoms with Crippen molar-refractivity contribution in [2.24, 2.45) is 5.73 Å². The first kappa shape index (κ1) is 20.3. The zero-order chi connectivity index (χ0) is 21.5. The minimum absolute atomic E-state index is 0.118. The number of aliphatic hydroxyl groups excluding tert-OH is 1. The maximum absolute atomic E-state index is 12.6.